The summed E-state index contributed by atoms with van der Waals surface area (Å²) < 4.78 is 6.94. The molecule has 0 atom stereocenters. The highest BCUT2D eigenvalue weighted by molar-refractivity contribution is 14.1. The standard InChI is InChI=1S/C19H12INO2/c20-13-7-5-12(6-8-13)19(22)21-14-9-10-16-15-3-1-2-4-17(15)23-18(16)11-14/h1-11H,(H,21,22). The van der Waals surface area contributed by atoms with Crippen molar-refractivity contribution in [2.24, 2.45) is 0 Å². The molecule has 23 heavy (non-hydrogen) atoms. The molecule has 0 spiro atoms. The van der Waals surface area contributed by atoms with Gasteiger partial charge in [-0.25, -0.2) is 0 Å². The van der Waals surface area contributed by atoms with Crippen LogP contribution in [0.5, 0.6) is 0 Å². The van der Waals surface area contributed by atoms with Crippen LogP contribution in [0, 0.1) is 3.57 Å². The zero-order valence-corrected chi connectivity index (χ0v) is 14.2. The van der Waals surface area contributed by atoms with Gasteiger partial charge in [-0.1, -0.05) is 18.2 Å². The summed E-state index contributed by atoms with van der Waals surface area (Å²) in [6.07, 6.45) is 0. The van der Waals surface area contributed by atoms with Crippen molar-refractivity contribution < 1.29 is 9.21 Å². The van der Waals surface area contributed by atoms with Gasteiger partial charge in [0.15, 0.2) is 0 Å². The average Bonchev–Trinajstić information content (AvgIpc) is 2.93. The van der Waals surface area contributed by atoms with Gasteiger partial charge in [-0.3, -0.25) is 4.79 Å². The first-order chi connectivity index (χ1) is 11.2. The zero-order valence-electron chi connectivity index (χ0n) is 12.0. The molecule has 0 bridgehead atoms. The number of halogens is 1. The fraction of sp³-hybridized carbons (Fsp3) is 0. The van der Waals surface area contributed by atoms with E-state index in [-0.39, 0.29) is 5.91 Å². The molecule has 3 aromatic carbocycles. The third-order valence-corrected chi connectivity index (χ3v) is 4.46. The van der Waals surface area contributed by atoms with Crippen LogP contribution in [-0.4, -0.2) is 5.91 Å². The quantitative estimate of drug-likeness (QED) is 0.445. The Morgan fingerprint density at radius 2 is 1.61 bits per heavy atom. The van der Waals surface area contributed by atoms with Gasteiger partial charge >= 0.3 is 0 Å². The molecule has 4 aromatic rings. The molecule has 0 aliphatic carbocycles. The largest absolute Gasteiger partial charge is 0.456 e. The first-order valence-electron chi connectivity index (χ1n) is 7.19. The molecule has 1 aromatic heterocycles. The number of furan rings is 1. The highest BCUT2D eigenvalue weighted by atomic mass is 127. The number of hydrogen-bond acceptors (Lipinski definition) is 2. The van der Waals surface area contributed by atoms with Crippen LogP contribution in [0.3, 0.4) is 0 Å². The van der Waals surface area contributed by atoms with Gasteiger partial charge in [-0.2, -0.15) is 0 Å². The molecule has 3 nitrogen and oxygen atoms in total. The van der Waals surface area contributed by atoms with Gasteiger partial charge in [0.2, 0.25) is 0 Å². The van der Waals surface area contributed by atoms with Crippen molar-refractivity contribution in [1.82, 2.24) is 0 Å². The van der Waals surface area contributed by atoms with Crippen molar-refractivity contribution in [2.45, 2.75) is 0 Å². The predicted molar refractivity (Wildman–Crippen MR) is 101 cm³/mol. The van der Waals surface area contributed by atoms with E-state index in [0.717, 1.165) is 31.2 Å². The fourth-order valence-corrected chi connectivity index (χ4v) is 2.97. The van der Waals surface area contributed by atoms with Crippen molar-refractivity contribution >= 4 is 56.1 Å². The molecule has 0 aliphatic heterocycles. The number of benzene rings is 3. The van der Waals surface area contributed by atoms with Crippen LogP contribution in [-0.2, 0) is 0 Å². The van der Waals surface area contributed by atoms with E-state index >= 15 is 0 Å². The van der Waals surface area contributed by atoms with Gasteiger partial charge in [0.05, 0.1) is 0 Å². The minimum atomic E-state index is -0.128. The molecule has 4 rings (SSSR count). The second kappa shape index (κ2) is 5.70. The van der Waals surface area contributed by atoms with Crippen LogP contribution < -0.4 is 5.32 Å². The molecule has 1 N–H and O–H groups in total. The summed E-state index contributed by atoms with van der Waals surface area (Å²) in [6, 6.07) is 21.1. The van der Waals surface area contributed by atoms with Crippen molar-refractivity contribution in [3.05, 3.63) is 75.9 Å². The summed E-state index contributed by atoms with van der Waals surface area (Å²) in [5, 5.41) is 5.04. The molecule has 1 amide bonds. The number of amides is 1. The van der Waals surface area contributed by atoms with E-state index in [4.69, 9.17) is 4.42 Å². The Balaban J connectivity index is 1.67. The maximum Gasteiger partial charge on any atom is 0.255 e. The minimum absolute atomic E-state index is 0.128. The molecular formula is C19H12INO2. The van der Waals surface area contributed by atoms with E-state index in [2.05, 4.69) is 27.9 Å². The Morgan fingerprint density at radius 3 is 2.43 bits per heavy atom. The summed E-state index contributed by atoms with van der Waals surface area (Å²) >= 11 is 2.22. The van der Waals surface area contributed by atoms with Gasteiger partial charge < -0.3 is 9.73 Å². The van der Waals surface area contributed by atoms with Crippen molar-refractivity contribution in [2.75, 3.05) is 5.32 Å². The Morgan fingerprint density at radius 1 is 0.870 bits per heavy atom. The van der Waals surface area contributed by atoms with Crippen molar-refractivity contribution in [3.63, 3.8) is 0 Å². The average molecular weight is 413 g/mol. The van der Waals surface area contributed by atoms with E-state index in [1.165, 1.54) is 0 Å². The van der Waals surface area contributed by atoms with E-state index in [1.54, 1.807) is 0 Å². The highest BCUT2D eigenvalue weighted by Crippen LogP contribution is 2.30. The SMILES string of the molecule is O=C(Nc1ccc2c(c1)oc1ccccc12)c1ccc(I)cc1. The lowest BCUT2D eigenvalue weighted by Gasteiger charge is -2.05. The van der Waals surface area contributed by atoms with Crippen LogP contribution >= 0.6 is 22.6 Å². The molecule has 4 heteroatoms. The monoisotopic (exact) mass is 413 g/mol. The minimum Gasteiger partial charge on any atom is -0.456 e. The van der Waals surface area contributed by atoms with Crippen molar-refractivity contribution in [1.29, 1.82) is 0 Å². The second-order valence-electron chi connectivity index (χ2n) is 5.27. The molecule has 0 radical (unpaired) electrons. The van der Waals surface area contributed by atoms with Crippen LogP contribution in [0.4, 0.5) is 5.69 Å². The van der Waals surface area contributed by atoms with Gasteiger partial charge in [-0.05, 0) is 65.1 Å². The second-order valence-corrected chi connectivity index (χ2v) is 6.52. The van der Waals surface area contributed by atoms with E-state index < -0.39 is 0 Å². The predicted octanol–water partition coefficient (Wildman–Crippen LogP) is 5.44. The molecule has 112 valence electrons. The molecule has 0 fully saturated rings. The number of fused-ring (bicyclic) bond motifs is 3. The lowest BCUT2D eigenvalue weighted by molar-refractivity contribution is 0.102. The third kappa shape index (κ3) is 2.70. The van der Waals surface area contributed by atoms with Crippen molar-refractivity contribution in [3.8, 4) is 0 Å². The van der Waals surface area contributed by atoms with Crippen LogP contribution in [0.1, 0.15) is 10.4 Å². The molecule has 0 saturated heterocycles. The van der Waals surface area contributed by atoms with Gasteiger partial charge in [0.25, 0.3) is 5.91 Å². The fourth-order valence-electron chi connectivity index (χ4n) is 2.61. The summed E-state index contributed by atoms with van der Waals surface area (Å²) in [5.74, 6) is -0.128. The van der Waals surface area contributed by atoms with Gasteiger partial charge in [-0.15, -0.1) is 0 Å². The summed E-state index contributed by atoms with van der Waals surface area (Å²) in [7, 11) is 0. The number of hydrogen-bond donors (Lipinski definition) is 1. The summed E-state index contributed by atoms with van der Waals surface area (Å²) in [6.45, 7) is 0. The van der Waals surface area contributed by atoms with Crippen LogP contribution in [0.15, 0.2) is 71.1 Å². The van der Waals surface area contributed by atoms with E-state index in [0.29, 0.717) is 5.56 Å². The zero-order chi connectivity index (χ0) is 15.8. The topological polar surface area (TPSA) is 42.2 Å². The number of carbonyl (C=O) groups is 1. The molecule has 0 aliphatic rings. The Bertz CT molecular complexity index is 1020. The Kier molecular flexibility index (Phi) is 3.53. The maximum absolute atomic E-state index is 12.3. The number of nitrogens with one attached hydrogen (secondary N) is 1. The van der Waals surface area contributed by atoms with Crippen LogP contribution in [0.2, 0.25) is 0 Å². The van der Waals surface area contributed by atoms with Crippen LogP contribution in [0.25, 0.3) is 21.9 Å². The van der Waals surface area contributed by atoms with E-state index in [1.807, 2.05) is 66.7 Å². The van der Waals surface area contributed by atoms with Gasteiger partial charge in [0.1, 0.15) is 11.2 Å². The lowest BCUT2D eigenvalue weighted by atomic mass is 10.1. The number of anilines is 1. The number of para-hydroxylation sites is 1. The Hall–Kier alpha value is -2.34. The smallest absolute Gasteiger partial charge is 0.255 e. The van der Waals surface area contributed by atoms with E-state index in [9.17, 15) is 4.79 Å². The first-order valence-corrected chi connectivity index (χ1v) is 8.27. The highest BCUT2D eigenvalue weighted by Gasteiger charge is 2.09. The molecule has 0 saturated carbocycles. The summed E-state index contributed by atoms with van der Waals surface area (Å²) in [5.41, 5.74) is 2.98. The third-order valence-electron chi connectivity index (χ3n) is 3.74. The maximum atomic E-state index is 12.3. The first kappa shape index (κ1) is 14.3. The van der Waals surface area contributed by atoms with Gasteiger partial charge in [0, 0.05) is 31.7 Å². The number of carbonyl (C=O) groups excluding carboxylic acids is 1. The summed E-state index contributed by atoms with van der Waals surface area (Å²) in [4.78, 5) is 12.3. The number of rotatable bonds is 2. The molecule has 0 unspecified atom stereocenters. The Labute approximate surface area is 146 Å². The normalized spacial score (nSPS) is 11.0. The molecular weight excluding hydrogens is 401 g/mol. The lowest BCUT2D eigenvalue weighted by Crippen LogP contribution is -2.11. The molecule has 1 heterocycles.